The fourth-order valence-electron chi connectivity index (χ4n) is 1.21. The molecular weight excluding hydrogens is 212 g/mol. The lowest BCUT2D eigenvalue weighted by Gasteiger charge is -2.12. The van der Waals surface area contributed by atoms with Crippen molar-refractivity contribution < 1.29 is 4.74 Å². The molecule has 4 heteroatoms. The first-order valence-electron chi connectivity index (χ1n) is 4.77. The van der Waals surface area contributed by atoms with Crippen molar-refractivity contribution in [1.29, 1.82) is 5.26 Å². The van der Waals surface area contributed by atoms with Crippen molar-refractivity contribution in [2.45, 2.75) is 13.3 Å². The number of benzene rings is 1. The third-order valence-corrected chi connectivity index (χ3v) is 2.25. The number of nitrogens with zero attached hydrogens (tertiary/aromatic N) is 1. The van der Waals surface area contributed by atoms with Crippen LogP contribution in [0.4, 0.5) is 5.69 Å². The number of nitriles is 1. The first kappa shape index (κ1) is 11.7. The first-order chi connectivity index (χ1) is 7.24. The molecule has 0 unspecified atom stereocenters. The van der Waals surface area contributed by atoms with Gasteiger partial charge < -0.3 is 10.1 Å². The third kappa shape index (κ3) is 2.54. The van der Waals surface area contributed by atoms with Crippen LogP contribution >= 0.6 is 11.6 Å². The molecule has 1 rings (SSSR count). The summed E-state index contributed by atoms with van der Waals surface area (Å²) in [5, 5.41) is 12.4. The number of hydrogen-bond donors (Lipinski definition) is 1. The third-order valence-electron chi connectivity index (χ3n) is 1.94. The summed E-state index contributed by atoms with van der Waals surface area (Å²) in [5.74, 6) is 0.536. The highest BCUT2D eigenvalue weighted by Gasteiger charge is 2.12. The Kier molecular flexibility index (Phi) is 4.26. The molecular formula is C11H13ClN2O. The summed E-state index contributed by atoms with van der Waals surface area (Å²) in [7, 11) is 1.78. The van der Waals surface area contributed by atoms with E-state index in [1.54, 1.807) is 19.2 Å². The molecule has 0 amide bonds. The predicted molar refractivity (Wildman–Crippen MR) is 61.5 cm³/mol. The molecule has 0 saturated carbocycles. The molecule has 15 heavy (non-hydrogen) atoms. The molecule has 0 atom stereocenters. The van der Waals surface area contributed by atoms with Gasteiger partial charge in [0.05, 0.1) is 17.3 Å². The van der Waals surface area contributed by atoms with Crippen LogP contribution in [0.2, 0.25) is 5.02 Å². The van der Waals surface area contributed by atoms with Crippen LogP contribution in [0, 0.1) is 11.3 Å². The smallest absolute Gasteiger partial charge is 0.161 e. The Hall–Kier alpha value is -1.40. The lowest BCUT2D eigenvalue weighted by molar-refractivity contribution is 0.318. The summed E-state index contributed by atoms with van der Waals surface area (Å²) in [4.78, 5) is 0. The minimum Gasteiger partial charge on any atom is -0.490 e. The van der Waals surface area contributed by atoms with Crippen LogP contribution in [0.3, 0.4) is 0 Å². The normalized spacial score (nSPS) is 9.47. The summed E-state index contributed by atoms with van der Waals surface area (Å²) >= 11 is 5.91. The molecule has 0 saturated heterocycles. The average molecular weight is 225 g/mol. The Morgan fingerprint density at radius 2 is 2.27 bits per heavy atom. The number of anilines is 1. The number of ether oxygens (including phenoxy) is 1. The highest BCUT2D eigenvalue weighted by molar-refractivity contribution is 6.32. The Labute approximate surface area is 94.6 Å². The quantitative estimate of drug-likeness (QED) is 0.855. The van der Waals surface area contributed by atoms with Crippen molar-refractivity contribution >= 4 is 17.3 Å². The second-order valence-electron chi connectivity index (χ2n) is 3.01. The maximum absolute atomic E-state index is 8.98. The highest BCUT2D eigenvalue weighted by Crippen LogP contribution is 2.33. The molecule has 0 fully saturated rings. The fourth-order valence-corrected chi connectivity index (χ4v) is 1.40. The second-order valence-corrected chi connectivity index (χ2v) is 3.42. The van der Waals surface area contributed by atoms with Gasteiger partial charge in [-0.15, -0.1) is 0 Å². The van der Waals surface area contributed by atoms with E-state index in [1.807, 2.05) is 6.92 Å². The van der Waals surface area contributed by atoms with E-state index in [0.29, 0.717) is 22.9 Å². The van der Waals surface area contributed by atoms with E-state index in [2.05, 4.69) is 11.4 Å². The SMILES string of the molecule is CCCOc1c(NC)ccc(Cl)c1C#N. The molecule has 1 N–H and O–H groups in total. The van der Waals surface area contributed by atoms with E-state index < -0.39 is 0 Å². The van der Waals surface area contributed by atoms with Crippen LogP contribution in [-0.2, 0) is 0 Å². The zero-order valence-electron chi connectivity index (χ0n) is 8.80. The summed E-state index contributed by atoms with van der Waals surface area (Å²) in [6.45, 7) is 2.58. The van der Waals surface area contributed by atoms with Crippen molar-refractivity contribution in [1.82, 2.24) is 0 Å². The minimum absolute atomic E-state index is 0.386. The van der Waals surface area contributed by atoms with Gasteiger partial charge in [0.25, 0.3) is 0 Å². The van der Waals surface area contributed by atoms with Gasteiger partial charge in [-0.3, -0.25) is 0 Å². The molecule has 1 aromatic rings. The van der Waals surface area contributed by atoms with E-state index in [4.69, 9.17) is 21.6 Å². The molecule has 3 nitrogen and oxygen atoms in total. The summed E-state index contributed by atoms with van der Waals surface area (Å²) < 4.78 is 5.51. The molecule has 1 aromatic carbocycles. The van der Waals surface area contributed by atoms with Gasteiger partial charge in [-0.05, 0) is 18.6 Å². The zero-order valence-corrected chi connectivity index (χ0v) is 9.56. The van der Waals surface area contributed by atoms with Gasteiger partial charge in [0, 0.05) is 7.05 Å². The number of hydrogen-bond acceptors (Lipinski definition) is 3. The van der Waals surface area contributed by atoms with Crippen LogP contribution < -0.4 is 10.1 Å². The van der Waals surface area contributed by atoms with Crippen LogP contribution in [-0.4, -0.2) is 13.7 Å². The van der Waals surface area contributed by atoms with E-state index in [0.717, 1.165) is 12.1 Å². The van der Waals surface area contributed by atoms with Gasteiger partial charge >= 0.3 is 0 Å². The molecule has 0 aromatic heterocycles. The van der Waals surface area contributed by atoms with E-state index in [9.17, 15) is 0 Å². The minimum atomic E-state index is 0.386. The van der Waals surface area contributed by atoms with E-state index in [-0.39, 0.29) is 0 Å². The summed E-state index contributed by atoms with van der Waals surface area (Å²) in [6, 6.07) is 5.54. The lowest BCUT2D eigenvalue weighted by Crippen LogP contribution is -2.02. The van der Waals surface area contributed by atoms with Crippen molar-refractivity contribution in [3.05, 3.63) is 22.7 Å². The van der Waals surface area contributed by atoms with Crippen molar-refractivity contribution in [2.75, 3.05) is 19.0 Å². The topological polar surface area (TPSA) is 45.0 Å². The predicted octanol–water partition coefficient (Wildman–Crippen LogP) is 3.04. The average Bonchev–Trinajstić information content (AvgIpc) is 2.26. The highest BCUT2D eigenvalue weighted by atomic mass is 35.5. The Bertz CT molecular complexity index is 385. The molecule has 0 aliphatic rings. The number of rotatable bonds is 4. The molecule has 0 aliphatic heterocycles. The van der Waals surface area contributed by atoms with Gasteiger partial charge in [-0.1, -0.05) is 18.5 Å². The van der Waals surface area contributed by atoms with Crippen molar-refractivity contribution in [3.63, 3.8) is 0 Å². The summed E-state index contributed by atoms with van der Waals surface area (Å²) in [6.07, 6.45) is 0.889. The molecule has 0 radical (unpaired) electrons. The Balaban J connectivity index is 3.16. The zero-order chi connectivity index (χ0) is 11.3. The number of nitrogens with one attached hydrogen (secondary N) is 1. The molecule has 0 aliphatic carbocycles. The largest absolute Gasteiger partial charge is 0.490 e. The Morgan fingerprint density at radius 3 is 2.80 bits per heavy atom. The van der Waals surface area contributed by atoms with Crippen LogP contribution in [0.1, 0.15) is 18.9 Å². The van der Waals surface area contributed by atoms with Gasteiger partial charge in [-0.2, -0.15) is 5.26 Å². The molecule has 0 bridgehead atoms. The standard InChI is InChI=1S/C11H13ClN2O/c1-3-6-15-11-8(7-13)9(12)4-5-10(11)14-2/h4-5,14H,3,6H2,1-2H3. The van der Waals surface area contributed by atoms with Crippen LogP contribution in [0.15, 0.2) is 12.1 Å². The summed E-state index contributed by atoms with van der Waals surface area (Å²) in [5.41, 5.74) is 1.17. The van der Waals surface area contributed by atoms with Crippen LogP contribution in [0.5, 0.6) is 5.75 Å². The van der Waals surface area contributed by atoms with Crippen molar-refractivity contribution in [2.24, 2.45) is 0 Å². The molecule has 0 spiro atoms. The van der Waals surface area contributed by atoms with E-state index >= 15 is 0 Å². The van der Waals surface area contributed by atoms with Crippen LogP contribution in [0.25, 0.3) is 0 Å². The van der Waals surface area contributed by atoms with E-state index in [1.165, 1.54) is 0 Å². The number of halogens is 1. The van der Waals surface area contributed by atoms with Crippen molar-refractivity contribution in [3.8, 4) is 11.8 Å². The first-order valence-corrected chi connectivity index (χ1v) is 5.15. The fraction of sp³-hybridized carbons (Fsp3) is 0.364. The second kappa shape index (κ2) is 5.47. The Morgan fingerprint density at radius 1 is 1.53 bits per heavy atom. The van der Waals surface area contributed by atoms with Gasteiger partial charge in [0.2, 0.25) is 0 Å². The van der Waals surface area contributed by atoms with Gasteiger partial charge in [-0.25, -0.2) is 0 Å². The molecule has 0 heterocycles. The monoisotopic (exact) mass is 224 g/mol. The maximum Gasteiger partial charge on any atom is 0.161 e. The lowest BCUT2D eigenvalue weighted by atomic mass is 10.2. The molecule has 80 valence electrons. The maximum atomic E-state index is 8.98. The van der Waals surface area contributed by atoms with Gasteiger partial charge in [0.1, 0.15) is 11.6 Å². The van der Waals surface area contributed by atoms with Gasteiger partial charge in [0.15, 0.2) is 5.75 Å².